The van der Waals surface area contributed by atoms with Gasteiger partial charge in [0.05, 0.1) is 13.2 Å². The van der Waals surface area contributed by atoms with Gasteiger partial charge in [-0.1, -0.05) is 35.9 Å². The first-order valence-corrected chi connectivity index (χ1v) is 9.04. The molecule has 6 heteroatoms. The summed E-state index contributed by atoms with van der Waals surface area (Å²) in [5.41, 5.74) is 3.29. The van der Waals surface area contributed by atoms with Crippen LogP contribution >= 0.6 is 0 Å². The minimum Gasteiger partial charge on any atom is -0.496 e. The number of ether oxygens (including phenoxy) is 1. The first kappa shape index (κ1) is 19.5. The summed E-state index contributed by atoms with van der Waals surface area (Å²) in [6, 6.07) is 17.9. The van der Waals surface area contributed by atoms with Gasteiger partial charge in [-0.3, -0.25) is 0 Å². The van der Waals surface area contributed by atoms with Crippen LogP contribution in [-0.2, 0) is 0 Å². The Bertz CT molecular complexity index is 971. The van der Waals surface area contributed by atoms with Crippen molar-refractivity contribution in [1.82, 2.24) is 9.88 Å². The van der Waals surface area contributed by atoms with E-state index in [4.69, 9.17) is 9.15 Å². The molecule has 3 aromatic rings. The summed E-state index contributed by atoms with van der Waals surface area (Å²) in [6.07, 6.45) is 0. The average molecular weight is 376 g/mol. The van der Waals surface area contributed by atoms with Crippen molar-refractivity contribution < 1.29 is 9.15 Å². The highest BCUT2D eigenvalue weighted by atomic mass is 16.5. The summed E-state index contributed by atoms with van der Waals surface area (Å²) in [4.78, 5) is 6.42. The van der Waals surface area contributed by atoms with Gasteiger partial charge in [-0.05, 0) is 39.2 Å². The zero-order valence-corrected chi connectivity index (χ0v) is 16.6. The normalized spacial score (nSPS) is 11.9. The standard InChI is InChI=1S/C22H24N4O2/c1-15-9-11-16(12-10-15)21-25-18(13-23)22(28-21)24-14-19(26(2)3)17-7-5-6-8-20(17)27-4/h5-12,19,24H,14H2,1-4H3/t19-/m0/s1. The van der Waals surface area contributed by atoms with Gasteiger partial charge >= 0.3 is 0 Å². The zero-order valence-electron chi connectivity index (χ0n) is 16.6. The lowest BCUT2D eigenvalue weighted by atomic mass is 10.0. The Morgan fingerprint density at radius 3 is 2.54 bits per heavy atom. The molecule has 1 heterocycles. The van der Waals surface area contributed by atoms with E-state index in [1.54, 1.807) is 7.11 Å². The molecule has 2 aromatic carbocycles. The van der Waals surface area contributed by atoms with Crippen LogP contribution < -0.4 is 10.1 Å². The molecule has 0 fully saturated rings. The van der Waals surface area contributed by atoms with Crippen LogP contribution in [0.1, 0.15) is 22.9 Å². The summed E-state index contributed by atoms with van der Waals surface area (Å²) in [5.74, 6) is 1.62. The molecule has 28 heavy (non-hydrogen) atoms. The van der Waals surface area contributed by atoms with Crippen molar-refractivity contribution in [2.75, 3.05) is 33.1 Å². The lowest BCUT2D eigenvalue weighted by molar-refractivity contribution is 0.299. The quantitative estimate of drug-likeness (QED) is 0.665. The number of oxazole rings is 1. The molecule has 144 valence electrons. The van der Waals surface area contributed by atoms with Gasteiger partial charge in [-0.25, -0.2) is 0 Å². The van der Waals surface area contributed by atoms with Gasteiger partial charge < -0.3 is 19.4 Å². The van der Waals surface area contributed by atoms with Crippen LogP contribution in [0.5, 0.6) is 5.75 Å². The molecule has 0 aliphatic carbocycles. The molecule has 1 aromatic heterocycles. The van der Waals surface area contributed by atoms with E-state index in [1.165, 1.54) is 0 Å². The fourth-order valence-electron chi connectivity index (χ4n) is 3.04. The fraction of sp³-hybridized carbons (Fsp3) is 0.273. The molecule has 1 atom stereocenters. The Morgan fingerprint density at radius 2 is 1.89 bits per heavy atom. The van der Waals surface area contributed by atoms with Crippen LogP contribution in [0, 0.1) is 18.3 Å². The van der Waals surface area contributed by atoms with E-state index in [9.17, 15) is 5.26 Å². The maximum Gasteiger partial charge on any atom is 0.232 e. The van der Waals surface area contributed by atoms with Crippen molar-refractivity contribution in [3.05, 3.63) is 65.4 Å². The number of nitrogens with one attached hydrogen (secondary N) is 1. The highest BCUT2D eigenvalue weighted by molar-refractivity contribution is 5.59. The summed E-state index contributed by atoms with van der Waals surface area (Å²) in [7, 11) is 5.67. The number of methoxy groups -OCH3 is 1. The van der Waals surface area contributed by atoms with Crippen molar-refractivity contribution in [2.24, 2.45) is 0 Å². The lowest BCUT2D eigenvalue weighted by Gasteiger charge is -2.26. The number of aromatic nitrogens is 1. The Balaban J connectivity index is 1.84. The summed E-state index contributed by atoms with van der Waals surface area (Å²) in [6.45, 7) is 2.55. The summed E-state index contributed by atoms with van der Waals surface area (Å²) >= 11 is 0. The molecular weight excluding hydrogens is 352 g/mol. The van der Waals surface area contributed by atoms with Crippen LogP contribution in [0.15, 0.2) is 52.9 Å². The topological polar surface area (TPSA) is 74.3 Å². The Labute approximate surface area is 165 Å². The van der Waals surface area contributed by atoms with Crippen LogP contribution in [-0.4, -0.2) is 37.6 Å². The first-order valence-electron chi connectivity index (χ1n) is 9.04. The number of likely N-dealkylation sites (N-methyl/N-ethyl adjacent to an activating group) is 1. The molecule has 6 nitrogen and oxygen atoms in total. The van der Waals surface area contributed by atoms with Gasteiger partial charge in [0.2, 0.25) is 17.5 Å². The maximum absolute atomic E-state index is 9.45. The van der Waals surface area contributed by atoms with E-state index in [2.05, 4.69) is 21.3 Å². The molecule has 0 aliphatic heterocycles. The Morgan fingerprint density at radius 1 is 1.18 bits per heavy atom. The van der Waals surface area contributed by atoms with E-state index < -0.39 is 0 Å². The second-order valence-electron chi connectivity index (χ2n) is 6.78. The van der Waals surface area contributed by atoms with Crippen LogP contribution in [0.2, 0.25) is 0 Å². The van der Waals surface area contributed by atoms with E-state index >= 15 is 0 Å². The molecular formula is C22H24N4O2. The molecule has 0 spiro atoms. The summed E-state index contributed by atoms with van der Waals surface area (Å²) < 4.78 is 11.4. The van der Waals surface area contributed by atoms with E-state index in [0.717, 1.165) is 22.4 Å². The first-order chi connectivity index (χ1) is 13.5. The molecule has 0 aliphatic rings. The third-order valence-electron chi connectivity index (χ3n) is 4.61. The molecule has 3 rings (SSSR count). The second-order valence-corrected chi connectivity index (χ2v) is 6.78. The van der Waals surface area contributed by atoms with Crippen molar-refractivity contribution in [2.45, 2.75) is 13.0 Å². The predicted octanol–water partition coefficient (Wildman–Crippen LogP) is 4.25. The number of benzene rings is 2. The molecule has 0 saturated carbocycles. The second kappa shape index (κ2) is 8.59. The zero-order chi connectivity index (χ0) is 20.1. The van der Waals surface area contributed by atoms with Crippen LogP contribution in [0.25, 0.3) is 11.5 Å². The number of nitriles is 1. The van der Waals surface area contributed by atoms with Gasteiger partial charge in [0.15, 0.2) is 0 Å². The fourth-order valence-corrected chi connectivity index (χ4v) is 3.04. The van der Waals surface area contributed by atoms with Crippen molar-refractivity contribution in [3.63, 3.8) is 0 Å². The lowest BCUT2D eigenvalue weighted by Crippen LogP contribution is -2.27. The van der Waals surface area contributed by atoms with Crippen molar-refractivity contribution >= 4 is 5.88 Å². The molecule has 1 N–H and O–H groups in total. The predicted molar refractivity (Wildman–Crippen MR) is 109 cm³/mol. The van der Waals surface area contributed by atoms with E-state index in [0.29, 0.717) is 18.3 Å². The number of anilines is 1. The van der Waals surface area contributed by atoms with Gasteiger partial charge in [-0.2, -0.15) is 10.2 Å². The number of para-hydroxylation sites is 1. The van der Waals surface area contributed by atoms with Crippen LogP contribution in [0.4, 0.5) is 5.88 Å². The number of aryl methyl sites for hydroxylation is 1. The minimum absolute atomic E-state index is 0.0237. The summed E-state index contributed by atoms with van der Waals surface area (Å²) in [5, 5.41) is 12.7. The van der Waals surface area contributed by atoms with Crippen molar-refractivity contribution in [3.8, 4) is 23.3 Å². The molecule has 0 radical (unpaired) electrons. The molecule has 0 amide bonds. The largest absolute Gasteiger partial charge is 0.496 e. The average Bonchev–Trinajstić information content (AvgIpc) is 3.12. The van der Waals surface area contributed by atoms with E-state index in [1.807, 2.05) is 69.6 Å². The maximum atomic E-state index is 9.45. The van der Waals surface area contributed by atoms with Gasteiger partial charge in [0, 0.05) is 17.7 Å². The molecule has 0 saturated heterocycles. The van der Waals surface area contributed by atoms with Crippen LogP contribution in [0.3, 0.4) is 0 Å². The highest BCUT2D eigenvalue weighted by Crippen LogP contribution is 2.30. The third-order valence-corrected chi connectivity index (χ3v) is 4.61. The molecule has 0 bridgehead atoms. The number of hydrogen-bond donors (Lipinski definition) is 1. The third kappa shape index (κ3) is 4.16. The SMILES string of the molecule is COc1ccccc1[C@H](CNc1oc(-c2ccc(C)cc2)nc1C#N)N(C)C. The van der Waals surface area contributed by atoms with Crippen molar-refractivity contribution in [1.29, 1.82) is 5.26 Å². The Hall–Kier alpha value is -3.30. The van der Waals surface area contributed by atoms with Gasteiger partial charge in [0.1, 0.15) is 11.8 Å². The van der Waals surface area contributed by atoms with Gasteiger partial charge in [0.25, 0.3) is 0 Å². The number of nitrogens with zero attached hydrogens (tertiary/aromatic N) is 3. The number of hydrogen-bond acceptors (Lipinski definition) is 6. The van der Waals surface area contributed by atoms with E-state index in [-0.39, 0.29) is 11.7 Å². The highest BCUT2D eigenvalue weighted by Gasteiger charge is 2.21. The molecule has 0 unspecified atom stereocenters. The van der Waals surface area contributed by atoms with Gasteiger partial charge in [-0.15, -0.1) is 0 Å². The monoisotopic (exact) mass is 376 g/mol. The minimum atomic E-state index is 0.0237. The smallest absolute Gasteiger partial charge is 0.232 e. The Kier molecular flexibility index (Phi) is 5.97. The number of rotatable bonds is 7.